The predicted molar refractivity (Wildman–Crippen MR) is 120 cm³/mol. The van der Waals surface area contributed by atoms with Gasteiger partial charge in [0.05, 0.1) is 22.4 Å². The molecule has 0 fully saturated rings. The van der Waals surface area contributed by atoms with E-state index < -0.39 is 0 Å². The summed E-state index contributed by atoms with van der Waals surface area (Å²) in [5.74, 6) is 0.550. The van der Waals surface area contributed by atoms with Crippen molar-refractivity contribution in [2.75, 3.05) is 39.2 Å². The van der Waals surface area contributed by atoms with E-state index in [9.17, 15) is 4.79 Å². The maximum Gasteiger partial charge on any atom is 0.261 e. The molecule has 0 spiro atoms. The molecule has 3 aromatic rings. The van der Waals surface area contributed by atoms with Crippen LogP contribution in [-0.4, -0.2) is 50.1 Å². The number of carbonyl (C=O) groups is 1. The second-order valence-electron chi connectivity index (χ2n) is 6.50. The van der Waals surface area contributed by atoms with E-state index in [1.54, 1.807) is 24.1 Å². The molecule has 0 aliphatic rings. The van der Waals surface area contributed by atoms with Crippen LogP contribution in [0, 0.1) is 6.92 Å². The number of benzene rings is 2. The summed E-state index contributed by atoms with van der Waals surface area (Å²) in [7, 11) is 5.58. The Morgan fingerprint density at radius 1 is 1.18 bits per heavy atom. The molecule has 5 nitrogen and oxygen atoms in total. The van der Waals surface area contributed by atoms with Crippen molar-refractivity contribution in [3.8, 4) is 5.75 Å². The van der Waals surface area contributed by atoms with Crippen molar-refractivity contribution >= 4 is 56.6 Å². The third kappa shape index (κ3) is 4.58. The van der Waals surface area contributed by atoms with Gasteiger partial charge in [-0.05, 0) is 44.8 Å². The molecule has 8 heteroatoms. The Labute approximate surface area is 180 Å². The van der Waals surface area contributed by atoms with Gasteiger partial charge in [0.2, 0.25) is 0 Å². The zero-order chi connectivity index (χ0) is 19.6. The van der Waals surface area contributed by atoms with Crippen LogP contribution in [0.15, 0.2) is 36.4 Å². The van der Waals surface area contributed by atoms with Gasteiger partial charge in [-0.2, -0.15) is 0 Å². The zero-order valence-electron chi connectivity index (χ0n) is 16.2. The van der Waals surface area contributed by atoms with Crippen LogP contribution in [0.2, 0.25) is 5.02 Å². The summed E-state index contributed by atoms with van der Waals surface area (Å²) in [5.41, 5.74) is 2.35. The van der Waals surface area contributed by atoms with E-state index >= 15 is 0 Å². The van der Waals surface area contributed by atoms with E-state index in [-0.39, 0.29) is 18.3 Å². The number of thiazole rings is 1. The second kappa shape index (κ2) is 9.56. The van der Waals surface area contributed by atoms with Gasteiger partial charge in [-0.15, -0.1) is 12.4 Å². The van der Waals surface area contributed by atoms with E-state index in [4.69, 9.17) is 21.3 Å². The Bertz CT molecular complexity index is 975. The molecule has 3 rings (SSSR count). The predicted octanol–water partition coefficient (Wildman–Crippen LogP) is 4.90. The van der Waals surface area contributed by atoms with E-state index in [2.05, 4.69) is 0 Å². The van der Waals surface area contributed by atoms with Crippen LogP contribution in [0.1, 0.15) is 15.9 Å². The summed E-state index contributed by atoms with van der Waals surface area (Å²) >= 11 is 7.76. The number of aromatic nitrogens is 1. The third-order valence-electron chi connectivity index (χ3n) is 4.26. The summed E-state index contributed by atoms with van der Waals surface area (Å²) in [6.07, 6.45) is 0. The molecule has 0 aliphatic carbocycles. The highest BCUT2D eigenvalue weighted by Crippen LogP contribution is 2.37. The SMILES string of the molecule is COc1ccc(C)c2sc(N(CCN(C)C)C(=O)c3ccccc3Cl)nc12.Cl. The number of methoxy groups -OCH3 is 1. The molecule has 0 unspecified atom stereocenters. The van der Waals surface area contributed by atoms with Crippen LogP contribution < -0.4 is 9.64 Å². The first kappa shape index (κ1) is 22.4. The van der Waals surface area contributed by atoms with E-state index in [0.29, 0.717) is 34.6 Å². The Morgan fingerprint density at radius 3 is 2.54 bits per heavy atom. The lowest BCUT2D eigenvalue weighted by Crippen LogP contribution is -2.36. The van der Waals surface area contributed by atoms with Gasteiger partial charge in [-0.3, -0.25) is 9.69 Å². The van der Waals surface area contributed by atoms with E-state index in [1.807, 2.05) is 50.2 Å². The highest BCUT2D eigenvalue weighted by atomic mass is 35.5. The third-order valence-corrected chi connectivity index (χ3v) is 5.81. The Balaban J connectivity index is 0.00000280. The molecule has 2 aromatic carbocycles. The summed E-state index contributed by atoms with van der Waals surface area (Å²) in [6.45, 7) is 3.25. The van der Waals surface area contributed by atoms with Crippen LogP contribution in [0.25, 0.3) is 10.2 Å². The van der Waals surface area contributed by atoms with Gasteiger partial charge in [0, 0.05) is 13.1 Å². The minimum Gasteiger partial charge on any atom is -0.494 e. The largest absolute Gasteiger partial charge is 0.494 e. The fraction of sp³-hybridized carbons (Fsp3) is 0.300. The standard InChI is InChI=1S/C20H22ClN3O2S.ClH/c1-13-9-10-16(26-4)17-18(13)27-20(22-17)24(12-11-23(2)3)19(25)14-7-5-6-8-15(14)21;/h5-10H,11-12H2,1-4H3;1H. The van der Waals surface area contributed by atoms with Crippen molar-refractivity contribution in [3.05, 3.63) is 52.5 Å². The molecule has 1 amide bonds. The Hall–Kier alpha value is -1.86. The van der Waals surface area contributed by atoms with Gasteiger partial charge in [0.15, 0.2) is 5.13 Å². The van der Waals surface area contributed by atoms with Gasteiger partial charge in [-0.1, -0.05) is 41.1 Å². The molecule has 0 atom stereocenters. The Kier molecular flexibility index (Phi) is 7.66. The quantitative estimate of drug-likeness (QED) is 0.547. The number of halogens is 2. The number of hydrogen-bond donors (Lipinski definition) is 0. The second-order valence-corrected chi connectivity index (χ2v) is 7.88. The number of nitrogens with zero attached hydrogens (tertiary/aromatic N) is 3. The maximum atomic E-state index is 13.3. The molecule has 0 saturated heterocycles. The van der Waals surface area contributed by atoms with Crippen LogP contribution >= 0.6 is 35.3 Å². The Morgan fingerprint density at radius 2 is 1.89 bits per heavy atom. The normalized spacial score (nSPS) is 10.8. The fourth-order valence-corrected chi connectivity index (χ4v) is 4.04. The van der Waals surface area contributed by atoms with Gasteiger partial charge < -0.3 is 9.64 Å². The van der Waals surface area contributed by atoms with Gasteiger partial charge in [0.1, 0.15) is 11.3 Å². The minimum absolute atomic E-state index is 0. The lowest BCUT2D eigenvalue weighted by Gasteiger charge is -2.22. The number of fused-ring (bicyclic) bond motifs is 1. The number of amides is 1. The molecular weight excluding hydrogens is 417 g/mol. The topological polar surface area (TPSA) is 45.7 Å². The number of carbonyl (C=O) groups excluding carboxylic acids is 1. The number of anilines is 1. The minimum atomic E-state index is -0.155. The number of ether oxygens (including phenoxy) is 1. The van der Waals surface area contributed by atoms with Gasteiger partial charge in [-0.25, -0.2) is 4.98 Å². The molecule has 0 bridgehead atoms. The van der Waals surface area contributed by atoms with Crippen molar-refractivity contribution in [3.63, 3.8) is 0 Å². The summed E-state index contributed by atoms with van der Waals surface area (Å²) in [6, 6.07) is 11.0. The molecule has 0 radical (unpaired) electrons. The van der Waals surface area contributed by atoms with Crippen molar-refractivity contribution in [2.45, 2.75) is 6.92 Å². The highest BCUT2D eigenvalue weighted by Gasteiger charge is 2.24. The molecule has 150 valence electrons. The zero-order valence-corrected chi connectivity index (χ0v) is 18.6. The summed E-state index contributed by atoms with van der Waals surface area (Å²) in [4.78, 5) is 21.7. The first-order chi connectivity index (χ1) is 12.9. The highest BCUT2D eigenvalue weighted by molar-refractivity contribution is 7.22. The lowest BCUT2D eigenvalue weighted by molar-refractivity contribution is 0.0985. The summed E-state index contributed by atoms with van der Waals surface area (Å²) in [5, 5.41) is 1.08. The van der Waals surface area contributed by atoms with Gasteiger partial charge >= 0.3 is 0 Å². The number of likely N-dealkylation sites (N-methyl/N-ethyl adjacent to an activating group) is 1. The van der Waals surface area contributed by atoms with Crippen molar-refractivity contribution in [1.29, 1.82) is 0 Å². The van der Waals surface area contributed by atoms with E-state index in [1.165, 1.54) is 11.3 Å². The first-order valence-corrected chi connectivity index (χ1v) is 9.77. The van der Waals surface area contributed by atoms with Crippen molar-refractivity contribution < 1.29 is 9.53 Å². The van der Waals surface area contributed by atoms with Gasteiger partial charge in [0.25, 0.3) is 5.91 Å². The molecule has 0 aliphatic heterocycles. The molecule has 0 saturated carbocycles. The van der Waals surface area contributed by atoms with Crippen LogP contribution in [-0.2, 0) is 0 Å². The van der Waals surface area contributed by atoms with Crippen molar-refractivity contribution in [1.82, 2.24) is 9.88 Å². The number of aryl methyl sites for hydroxylation is 1. The monoisotopic (exact) mass is 439 g/mol. The van der Waals surface area contributed by atoms with Crippen molar-refractivity contribution in [2.24, 2.45) is 0 Å². The summed E-state index contributed by atoms with van der Waals surface area (Å²) < 4.78 is 6.47. The molecule has 0 N–H and O–H groups in total. The molecule has 28 heavy (non-hydrogen) atoms. The number of rotatable bonds is 6. The molecular formula is C20H23Cl2N3O2S. The molecule has 1 aromatic heterocycles. The first-order valence-electron chi connectivity index (χ1n) is 8.57. The number of hydrogen-bond acceptors (Lipinski definition) is 5. The maximum absolute atomic E-state index is 13.3. The smallest absolute Gasteiger partial charge is 0.261 e. The van der Waals surface area contributed by atoms with Crippen LogP contribution in [0.4, 0.5) is 5.13 Å². The molecule has 1 heterocycles. The average molecular weight is 440 g/mol. The average Bonchev–Trinajstić information content (AvgIpc) is 3.08. The lowest BCUT2D eigenvalue weighted by atomic mass is 10.2. The van der Waals surface area contributed by atoms with E-state index in [0.717, 1.165) is 15.8 Å². The fourth-order valence-electron chi connectivity index (χ4n) is 2.74. The van der Waals surface area contributed by atoms with Crippen LogP contribution in [0.3, 0.4) is 0 Å². The van der Waals surface area contributed by atoms with Crippen LogP contribution in [0.5, 0.6) is 5.75 Å².